The molecule has 1 aliphatic rings. The first-order valence-corrected chi connectivity index (χ1v) is 10.5. The van der Waals surface area contributed by atoms with Crippen LogP contribution in [-0.2, 0) is 14.3 Å². The number of carbonyl (C=O) groups is 1. The third-order valence-electron chi connectivity index (χ3n) is 5.33. The number of phenolic OH excluding ortho intramolecular Hbond substituents is 2. The average Bonchev–Trinajstić information content (AvgIpc) is 2.83. The van der Waals surface area contributed by atoms with Crippen molar-refractivity contribution in [1.82, 2.24) is 0 Å². The molecule has 2 heterocycles. The molecule has 11 nitrogen and oxygen atoms in total. The normalized spacial score (nSPS) is 24.5. The number of hydrogen-bond acceptors (Lipinski definition) is 11. The molecule has 0 unspecified atom stereocenters. The van der Waals surface area contributed by atoms with E-state index in [1.54, 1.807) is 12.1 Å². The standard InChI is InChI=1S/C24H22O11/c25-13-4-1-12(2-5-13)3-6-19(28)33-11-18-21(29)22(30)23(31)24(35-18)34-14-9-16(27)20-15(26)7-8-32-17(20)10-14/h1-10,18,21-25,27,29-31H,11H2/b6-3+/t18-,21-,22+,23-,24-/m1/s1. The lowest BCUT2D eigenvalue weighted by Crippen LogP contribution is -2.60. The third-order valence-corrected chi connectivity index (χ3v) is 5.33. The quantitative estimate of drug-likeness (QED) is 0.244. The molecule has 0 radical (unpaired) electrons. The summed E-state index contributed by atoms with van der Waals surface area (Å²) in [6.07, 6.45) is -4.03. The molecular weight excluding hydrogens is 464 g/mol. The highest BCUT2D eigenvalue weighted by molar-refractivity contribution is 5.87. The molecule has 0 saturated carbocycles. The van der Waals surface area contributed by atoms with E-state index < -0.39 is 54.5 Å². The molecule has 1 aromatic heterocycles. The number of aliphatic hydroxyl groups excluding tert-OH is 3. The van der Waals surface area contributed by atoms with Crippen LogP contribution in [0.15, 0.2) is 64.0 Å². The highest BCUT2D eigenvalue weighted by atomic mass is 16.7. The van der Waals surface area contributed by atoms with Gasteiger partial charge in [-0.3, -0.25) is 4.79 Å². The van der Waals surface area contributed by atoms with E-state index in [4.69, 9.17) is 18.6 Å². The zero-order valence-corrected chi connectivity index (χ0v) is 18.1. The minimum absolute atomic E-state index is 0.0179. The number of fused-ring (bicyclic) bond motifs is 1. The molecule has 5 atom stereocenters. The maximum Gasteiger partial charge on any atom is 0.330 e. The fraction of sp³-hybridized carbons (Fsp3) is 0.250. The van der Waals surface area contributed by atoms with Crippen molar-refractivity contribution in [2.75, 3.05) is 6.61 Å². The number of benzene rings is 2. The van der Waals surface area contributed by atoms with Gasteiger partial charge in [-0.2, -0.15) is 0 Å². The summed E-state index contributed by atoms with van der Waals surface area (Å²) in [4.78, 5) is 23.9. The van der Waals surface area contributed by atoms with Crippen molar-refractivity contribution in [3.8, 4) is 17.2 Å². The monoisotopic (exact) mass is 486 g/mol. The predicted molar refractivity (Wildman–Crippen MR) is 120 cm³/mol. The van der Waals surface area contributed by atoms with Crippen LogP contribution in [0.1, 0.15) is 5.56 Å². The van der Waals surface area contributed by atoms with Gasteiger partial charge in [0, 0.05) is 24.3 Å². The topological polar surface area (TPSA) is 176 Å². The maximum absolute atomic E-state index is 12.0. The summed E-state index contributed by atoms with van der Waals surface area (Å²) < 4.78 is 21.3. The van der Waals surface area contributed by atoms with Gasteiger partial charge in [0.15, 0.2) is 5.43 Å². The van der Waals surface area contributed by atoms with E-state index in [0.717, 1.165) is 24.5 Å². The number of hydrogen-bond donors (Lipinski definition) is 5. The molecule has 0 spiro atoms. The molecule has 0 bridgehead atoms. The van der Waals surface area contributed by atoms with Gasteiger partial charge < -0.3 is 44.2 Å². The van der Waals surface area contributed by atoms with Crippen molar-refractivity contribution in [2.24, 2.45) is 0 Å². The van der Waals surface area contributed by atoms with Crippen LogP contribution in [0.2, 0.25) is 0 Å². The van der Waals surface area contributed by atoms with E-state index in [0.29, 0.717) is 5.56 Å². The molecule has 5 N–H and O–H groups in total. The van der Waals surface area contributed by atoms with Crippen LogP contribution in [0.3, 0.4) is 0 Å². The van der Waals surface area contributed by atoms with Crippen LogP contribution in [0.25, 0.3) is 17.0 Å². The molecule has 35 heavy (non-hydrogen) atoms. The van der Waals surface area contributed by atoms with E-state index in [-0.39, 0.29) is 22.5 Å². The maximum atomic E-state index is 12.0. The lowest BCUT2D eigenvalue weighted by Gasteiger charge is -2.39. The van der Waals surface area contributed by atoms with Crippen molar-refractivity contribution in [3.63, 3.8) is 0 Å². The van der Waals surface area contributed by atoms with Gasteiger partial charge in [-0.25, -0.2) is 4.79 Å². The predicted octanol–water partition coefficient (Wildman–Crippen LogP) is 0.647. The molecule has 11 heteroatoms. The Hall–Kier alpha value is -3.90. The Kier molecular flexibility index (Phi) is 7.03. The van der Waals surface area contributed by atoms with Gasteiger partial charge >= 0.3 is 5.97 Å². The molecule has 0 amide bonds. The summed E-state index contributed by atoms with van der Waals surface area (Å²) in [7, 11) is 0. The zero-order chi connectivity index (χ0) is 25.1. The number of ether oxygens (including phenoxy) is 3. The Bertz CT molecular complexity index is 1280. The van der Waals surface area contributed by atoms with Gasteiger partial charge in [-0.1, -0.05) is 12.1 Å². The summed E-state index contributed by atoms with van der Waals surface area (Å²) in [5.41, 5.74) is 0.184. The fourth-order valence-corrected chi connectivity index (χ4v) is 3.49. The van der Waals surface area contributed by atoms with E-state index in [1.165, 1.54) is 24.3 Å². The Balaban J connectivity index is 1.42. The third kappa shape index (κ3) is 5.44. The number of carbonyl (C=O) groups excluding carboxylic acids is 1. The Morgan fingerprint density at radius 1 is 1.00 bits per heavy atom. The fourth-order valence-electron chi connectivity index (χ4n) is 3.49. The van der Waals surface area contributed by atoms with Crippen molar-refractivity contribution in [2.45, 2.75) is 30.7 Å². The van der Waals surface area contributed by atoms with Crippen molar-refractivity contribution >= 4 is 23.0 Å². The molecule has 3 aromatic rings. The molecule has 4 rings (SSSR count). The van der Waals surface area contributed by atoms with Crippen molar-refractivity contribution < 1.29 is 49.0 Å². The largest absolute Gasteiger partial charge is 0.508 e. The van der Waals surface area contributed by atoms with Crippen molar-refractivity contribution in [3.05, 3.63) is 70.6 Å². The van der Waals surface area contributed by atoms with Gasteiger partial charge in [-0.15, -0.1) is 0 Å². The first kappa shape index (κ1) is 24.2. The first-order valence-electron chi connectivity index (χ1n) is 10.5. The van der Waals surface area contributed by atoms with Crippen LogP contribution in [0.4, 0.5) is 0 Å². The molecule has 2 aromatic carbocycles. The van der Waals surface area contributed by atoms with Gasteiger partial charge in [0.2, 0.25) is 6.29 Å². The molecule has 184 valence electrons. The minimum Gasteiger partial charge on any atom is -0.508 e. The van der Waals surface area contributed by atoms with Gasteiger partial charge in [0.25, 0.3) is 0 Å². The highest BCUT2D eigenvalue weighted by Crippen LogP contribution is 2.31. The van der Waals surface area contributed by atoms with E-state index >= 15 is 0 Å². The zero-order valence-electron chi connectivity index (χ0n) is 18.1. The minimum atomic E-state index is -1.70. The van der Waals surface area contributed by atoms with Crippen LogP contribution in [-0.4, -0.2) is 68.8 Å². The lowest BCUT2D eigenvalue weighted by atomic mass is 9.99. The molecule has 0 aliphatic carbocycles. The van der Waals surface area contributed by atoms with Crippen LogP contribution in [0, 0.1) is 0 Å². The summed E-state index contributed by atoms with van der Waals surface area (Å²) in [5, 5.41) is 50.1. The number of rotatable bonds is 6. The summed E-state index contributed by atoms with van der Waals surface area (Å²) in [6, 6.07) is 9.61. The van der Waals surface area contributed by atoms with E-state index in [9.17, 15) is 35.1 Å². The van der Waals surface area contributed by atoms with E-state index in [1.807, 2.05) is 0 Å². The Labute approximate surface area is 197 Å². The Morgan fingerprint density at radius 3 is 2.49 bits per heavy atom. The second kappa shape index (κ2) is 10.2. The second-order valence-corrected chi connectivity index (χ2v) is 7.79. The van der Waals surface area contributed by atoms with Gasteiger partial charge in [-0.05, 0) is 23.8 Å². The smallest absolute Gasteiger partial charge is 0.330 e. The summed E-state index contributed by atoms with van der Waals surface area (Å²) >= 11 is 0. The van der Waals surface area contributed by atoms with Crippen LogP contribution in [0.5, 0.6) is 17.2 Å². The van der Waals surface area contributed by atoms with Gasteiger partial charge in [0.1, 0.15) is 59.2 Å². The van der Waals surface area contributed by atoms with Crippen LogP contribution >= 0.6 is 0 Å². The molecular formula is C24H22O11. The second-order valence-electron chi connectivity index (χ2n) is 7.79. The average molecular weight is 486 g/mol. The lowest BCUT2D eigenvalue weighted by molar-refractivity contribution is -0.278. The number of aromatic hydroxyl groups is 2. The summed E-state index contributed by atoms with van der Waals surface area (Å²) in [5.74, 6) is -1.16. The summed E-state index contributed by atoms with van der Waals surface area (Å²) in [6.45, 7) is -0.471. The Morgan fingerprint density at radius 2 is 1.74 bits per heavy atom. The number of aliphatic hydroxyl groups is 3. The van der Waals surface area contributed by atoms with Crippen LogP contribution < -0.4 is 10.2 Å². The molecule has 1 aliphatic heterocycles. The highest BCUT2D eigenvalue weighted by Gasteiger charge is 2.45. The SMILES string of the molecule is O=C(/C=C/c1ccc(O)cc1)OC[C@H]1O[C@@H](Oc2cc(O)c3c(=O)ccoc3c2)[C@H](O)[C@@H](O)[C@@H]1O. The first-order chi connectivity index (χ1) is 16.7. The van der Waals surface area contributed by atoms with Crippen molar-refractivity contribution in [1.29, 1.82) is 0 Å². The molecule has 1 fully saturated rings. The van der Waals surface area contributed by atoms with E-state index in [2.05, 4.69) is 0 Å². The molecule has 1 saturated heterocycles. The number of esters is 1. The van der Waals surface area contributed by atoms with Gasteiger partial charge in [0.05, 0.1) is 6.26 Å². The number of phenols is 2.